The summed E-state index contributed by atoms with van der Waals surface area (Å²) in [6.07, 6.45) is 3.29. The third-order valence-electron chi connectivity index (χ3n) is 4.69. The summed E-state index contributed by atoms with van der Waals surface area (Å²) in [5.41, 5.74) is 2.37. The molecular formula is C23H16N4O4. The number of fused-ring (bicyclic) bond motifs is 1. The molecule has 0 radical (unpaired) electrons. The number of nitrogens with zero attached hydrogens (tertiary/aromatic N) is 3. The number of carbonyl (C=O) groups excluding carboxylic acids is 2. The van der Waals surface area contributed by atoms with Crippen LogP contribution in [-0.4, -0.2) is 26.6 Å². The Morgan fingerprint density at radius 2 is 1.81 bits per heavy atom. The zero-order valence-electron chi connectivity index (χ0n) is 16.2. The van der Waals surface area contributed by atoms with E-state index in [1.807, 2.05) is 30.3 Å². The molecule has 0 aliphatic carbocycles. The second kappa shape index (κ2) is 7.75. The van der Waals surface area contributed by atoms with Crippen LogP contribution in [-0.2, 0) is 11.2 Å². The first kappa shape index (κ1) is 18.6. The molecule has 5 rings (SSSR count). The minimum Gasteiger partial charge on any atom is -0.453 e. The molecule has 0 fully saturated rings. The number of esters is 1. The molecule has 0 unspecified atom stereocenters. The van der Waals surface area contributed by atoms with Crippen molar-refractivity contribution in [3.05, 3.63) is 90.5 Å². The standard InChI is InChI=1S/C23H16N4O4/c28-21-14-18-22(31-21)20(11-12-24-18)30-17-8-6-15(7-9-17)26-23(29)19-10-13-25-27(19)16-4-2-1-3-5-16/h1-13H,14H2,(H,26,29). The minimum atomic E-state index is -0.355. The second-order valence-corrected chi connectivity index (χ2v) is 6.78. The number of nitrogens with one attached hydrogen (secondary N) is 1. The summed E-state index contributed by atoms with van der Waals surface area (Å²) < 4.78 is 12.6. The van der Waals surface area contributed by atoms with E-state index >= 15 is 0 Å². The van der Waals surface area contributed by atoms with Crippen molar-refractivity contribution in [3.8, 4) is 22.9 Å². The topological polar surface area (TPSA) is 95.3 Å². The van der Waals surface area contributed by atoms with Crippen LogP contribution in [0.1, 0.15) is 16.2 Å². The van der Waals surface area contributed by atoms with Gasteiger partial charge in [-0.2, -0.15) is 5.10 Å². The molecule has 0 bridgehead atoms. The van der Waals surface area contributed by atoms with Crippen molar-refractivity contribution >= 4 is 17.6 Å². The van der Waals surface area contributed by atoms with Gasteiger partial charge in [0.05, 0.1) is 24.0 Å². The molecule has 1 aliphatic rings. The Kier molecular flexibility index (Phi) is 4.64. The maximum Gasteiger partial charge on any atom is 0.317 e. The van der Waals surface area contributed by atoms with Gasteiger partial charge >= 0.3 is 5.97 Å². The van der Waals surface area contributed by atoms with E-state index in [2.05, 4.69) is 15.4 Å². The summed E-state index contributed by atoms with van der Waals surface area (Å²) in [4.78, 5) is 28.4. The van der Waals surface area contributed by atoms with E-state index in [1.165, 1.54) is 0 Å². The van der Waals surface area contributed by atoms with Crippen LogP contribution in [0, 0.1) is 0 Å². The fraction of sp³-hybridized carbons (Fsp3) is 0.0435. The normalized spacial score (nSPS) is 12.2. The molecule has 2 aromatic carbocycles. The fourth-order valence-corrected chi connectivity index (χ4v) is 3.25. The number of aromatic nitrogens is 3. The first-order valence-electron chi connectivity index (χ1n) is 9.55. The SMILES string of the molecule is O=C1Cc2nccc(Oc3ccc(NC(=O)c4ccnn4-c4ccccc4)cc3)c2O1. The van der Waals surface area contributed by atoms with Crippen LogP contribution in [0.4, 0.5) is 5.69 Å². The van der Waals surface area contributed by atoms with Gasteiger partial charge in [0, 0.05) is 18.0 Å². The number of amides is 1. The molecule has 8 nitrogen and oxygen atoms in total. The van der Waals surface area contributed by atoms with Crippen LogP contribution in [0.25, 0.3) is 5.69 Å². The molecular weight excluding hydrogens is 396 g/mol. The van der Waals surface area contributed by atoms with E-state index in [0.717, 1.165) is 5.69 Å². The number of hydrogen-bond acceptors (Lipinski definition) is 6. The lowest BCUT2D eigenvalue weighted by molar-refractivity contribution is -0.131. The highest BCUT2D eigenvalue weighted by Gasteiger charge is 2.25. The van der Waals surface area contributed by atoms with Crippen LogP contribution in [0.5, 0.6) is 17.2 Å². The molecule has 1 amide bonds. The Morgan fingerprint density at radius 1 is 1.00 bits per heavy atom. The van der Waals surface area contributed by atoms with Gasteiger partial charge in [0.1, 0.15) is 11.4 Å². The van der Waals surface area contributed by atoms with Crippen molar-refractivity contribution in [1.82, 2.24) is 14.8 Å². The first-order valence-corrected chi connectivity index (χ1v) is 9.55. The third kappa shape index (κ3) is 3.74. The summed E-state index contributed by atoms with van der Waals surface area (Å²) >= 11 is 0. The average molecular weight is 412 g/mol. The van der Waals surface area contributed by atoms with E-state index in [0.29, 0.717) is 34.3 Å². The average Bonchev–Trinajstić information content (AvgIpc) is 3.42. The lowest BCUT2D eigenvalue weighted by Crippen LogP contribution is -2.16. The Hall–Kier alpha value is -4.46. The summed E-state index contributed by atoms with van der Waals surface area (Å²) in [6.45, 7) is 0. The van der Waals surface area contributed by atoms with Crippen molar-refractivity contribution in [2.45, 2.75) is 6.42 Å². The quantitative estimate of drug-likeness (QED) is 0.502. The number of benzene rings is 2. The molecule has 0 saturated carbocycles. The number of hydrogen-bond donors (Lipinski definition) is 1. The van der Waals surface area contributed by atoms with Crippen LogP contribution in [0.3, 0.4) is 0 Å². The maximum atomic E-state index is 12.7. The summed E-state index contributed by atoms with van der Waals surface area (Å²) in [7, 11) is 0. The fourth-order valence-electron chi connectivity index (χ4n) is 3.25. The van der Waals surface area contributed by atoms with E-state index in [4.69, 9.17) is 9.47 Å². The molecule has 31 heavy (non-hydrogen) atoms. The van der Waals surface area contributed by atoms with Crippen LogP contribution in [0.2, 0.25) is 0 Å². The highest BCUT2D eigenvalue weighted by Crippen LogP contribution is 2.37. The largest absolute Gasteiger partial charge is 0.453 e. The molecule has 3 heterocycles. The summed E-state index contributed by atoms with van der Waals surface area (Å²) in [5.74, 6) is 0.655. The van der Waals surface area contributed by atoms with Crippen molar-refractivity contribution < 1.29 is 19.1 Å². The van der Waals surface area contributed by atoms with Gasteiger partial charge in [0.2, 0.25) is 0 Å². The zero-order valence-corrected chi connectivity index (χ0v) is 16.2. The summed E-state index contributed by atoms with van der Waals surface area (Å²) in [6, 6.07) is 19.6. The first-order chi connectivity index (χ1) is 15.2. The monoisotopic (exact) mass is 412 g/mol. The van der Waals surface area contributed by atoms with Crippen molar-refractivity contribution in [2.24, 2.45) is 0 Å². The molecule has 0 atom stereocenters. The molecule has 4 aromatic rings. The minimum absolute atomic E-state index is 0.136. The highest BCUT2D eigenvalue weighted by atomic mass is 16.6. The molecule has 0 spiro atoms. The lowest BCUT2D eigenvalue weighted by atomic mass is 10.2. The van der Waals surface area contributed by atoms with Gasteiger partial charge in [-0.05, 0) is 42.5 Å². The van der Waals surface area contributed by atoms with Crippen molar-refractivity contribution in [1.29, 1.82) is 0 Å². The molecule has 0 saturated heterocycles. The number of carbonyl (C=O) groups is 2. The van der Waals surface area contributed by atoms with Gasteiger partial charge in [-0.3, -0.25) is 14.6 Å². The van der Waals surface area contributed by atoms with E-state index < -0.39 is 0 Å². The van der Waals surface area contributed by atoms with Gasteiger partial charge < -0.3 is 14.8 Å². The van der Waals surface area contributed by atoms with E-state index in [-0.39, 0.29) is 18.3 Å². The number of anilines is 1. The van der Waals surface area contributed by atoms with Crippen LogP contribution in [0.15, 0.2) is 79.1 Å². The zero-order chi connectivity index (χ0) is 21.2. The molecule has 2 aromatic heterocycles. The van der Waals surface area contributed by atoms with Gasteiger partial charge in [-0.25, -0.2) is 4.68 Å². The van der Waals surface area contributed by atoms with Crippen LogP contribution >= 0.6 is 0 Å². The molecule has 1 N–H and O–H groups in total. The van der Waals surface area contributed by atoms with Gasteiger partial charge in [0.15, 0.2) is 11.5 Å². The summed E-state index contributed by atoms with van der Waals surface area (Å²) in [5, 5.41) is 7.10. The Bertz CT molecular complexity index is 1270. The predicted molar refractivity (Wildman–Crippen MR) is 112 cm³/mol. The predicted octanol–water partition coefficient (Wildman–Crippen LogP) is 3.77. The number of ether oxygens (including phenoxy) is 2. The lowest BCUT2D eigenvalue weighted by Gasteiger charge is -2.11. The number of pyridine rings is 1. The molecule has 152 valence electrons. The van der Waals surface area contributed by atoms with Crippen LogP contribution < -0.4 is 14.8 Å². The smallest absolute Gasteiger partial charge is 0.317 e. The van der Waals surface area contributed by atoms with Gasteiger partial charge in [-0.1, -0.05) is 18.2 Å². The Balaban J connectivity index is 1.30. The highest BCUT2D eigenvalue weighted by molar-refractivity contribution is 6.03. The third-order valence-corrected chi connectivity index (χ3v) is 4.69. The van der Waals surface area contributed by atoms with Gasteiger partial charge in [0.25, 0.3) is 5.91 Å². The van der Waals surface area contributed by atoms with Crippen molar-refractivity contribution in [3.63, 3.8) is 0 Å². The Labute approximate surface area is 177 Å². The Morgan fingerprint density at radius 3 is 2.61 bits per heavy atom. The number of rotatable bonds is 5. The molecule has 1 aliphatic heterocycles. The van der Waals surface area contributed by atoms with E-state index in [1.54, 1.807) is 53.5 Å². The second-order valence-electron chi connectivity index (χ2n) is 6.78. The maximum absolute atomic E-state index is 12.7. The van der Waals surface area contributed by atoms with Gasteiger partial charge in [-0.15, -0.1) is 0 Å². The number of para-hydroxylation sites is 1. The van der Waals surface area contributed by atoms with Crippen molar-refractivity contribution in [2.75, 3.05) is 5.32 Å². The van der Waals surface area contributed by atoms with E-state index in [9.17, 15) is 9.59 Å². The molecule has 8 heteroatoms.